The van der Waals surface area contributed by atoms with Gasteiger partial charge < -0.3 is 11.5 Å². The van der Waals surface area contributed by atoms with E-state index in [1.807, 2.05) is 0 Å². The molecule has 0 unspecified atom stereocenters. The number of nitrogens with zero attached hydrogens (tertiary/aromatic N) is 2. The first kappa shape index (κ1) is 5.74. The number of aromatic amines is 1. The summed E-state index contributed by atoms with van der Waals surface area (Å²) in [5, 5.41) is 0. The Hall–Kier alpha value is -1.39. The maximum Gasteiger partial charge on any atom is 0.318 e. The quantitative estimate of drug-likeness (QED) is 0.455. The van der Waals surface area contributed by atoms with E-state index in [1.165, 1.54) is 0 Å². The van der Waals surface area contributed by atoms with Gasteiger partial charge >= 0.3 is 11.9 Å². The van der Waals surface area contributed by atoms with E-state index in [0.29, 0.717) is 17.7 Å². The molecule has 0 radical (unpaired) electrons. The zero-order chi connectivity index (χ0) is 6.85. The van der Waals surface area contributed by atoms with E-state index in [9.17, 15) is 0 Å². The first-order chi connectivity index (χ1) is 4.18. The molecule has 0 saturated carbocycles. The standard InChI is InChI=1S/C4H7N5/c1-2-7-3(5)9-4(6)8-2/h1H3,(H4,5,6,7,8,9)/p+1. The summed E-state index contributed by atoms with van der Waals surface area (Å²) in [6.07, 6.45) is 0. The van der Waals surface area contributed by atoms with Crippen LogP contribution in [0.25, 0.3) is 0 Å². The Bertz CT molecular complexity index is 170. The van der Waals surface area contributed by atoms with Crippen LogP contribution >= 0.6 is 0 Å². The molecular weight excluding hydrogens is 118 g/mol. The van der Waals surface area contributed by atoms with E-state index in [2.05, 4.69) is 15.0 Å². The van der Waals surface area contributed by atoms with Crippen LogP contribution in [0.3, 0.4) is 0 Å². The number of rotatable bonds is 0. The second-order valence-corrected chi connectivity index (χ2v) is 1.67. The molecule has 1 rings (SSSR count). The Labute approximate surface area is 52.1 Å². The molecular formula is C4H8N5+. The zero-order valence-corrected chi connectivity index (χ0v) is 5.05. The van der Waals surface area contributed by atoms with E-state index in [0.717, 1.165) is 0 Å². The Morgan fingerprint density at radius 3 is 2.00 bits per heavy atom. The maximum absolute atomic E-state index is 5.27. The van der Waals surface area contributed by atoms with Crippen molar-refractivity contribution in [3.05, 3.63) is 5.82 Å². The first-order valence-electron chi connectivity index (χ1n) is 2.47. The molecule has 0 fully saturated rings. The molecule has 5 heteroatoms. The van der Waals surface area contributed by atoms with Crippen LogP contribution in [0.2, 0.25) is 0 Å². The van der Waals surface area contributed by atoms with Gasteiger partial charge in [-0.25, -0.2) is 4.98 Å². The van der Waals surface area contributed by atoms with Crippen molar-refractivity contribution < 1.29 is 4.98 Å². The van der Waals surface area contributed by atoms with Crippen molar-refractivity contribution in [2.24, 2.45) is 0 Å². The van der Waals surface area contributed by atoms with Crippen LogP contribution in [0, 0.1) is 6.92 Å². The molecule has 9 heavy (non-hydrogen) atoms. The Morgan fingerprint density at radius 2 is 1.67 bits per heavy atom. The molecule has 1 heterocycles. The molecule has 5 nitrogen and oxygen atoms in total. The lowest BCUT2D eigenvalue weighted by atomic mass is 10.7. The van der Waals surface area contributed by atoms with Gasteiger partial charge in [-0.05, 0) is 0 Å². The molecule has 0 amide bonds. The summed E-state index contributed by atoms with van der Waals surface area (Å²) in [5.41, 5.74) is 10.5. The molecule has 0 saturated heterocycles. The maximum atomic E-state index is 5.27. The third-order valence-electron chi connectivity index (χ3n) is 0.821. The zero-order valence-electron chi connectivity index (χ0n) is 5.05. The molecule has 1 aromatic heterocycles. The molecule has 48 valence electrons. The highest BCUT2D eigenvalue weighted by molar-refractivity contribution is 5.13. The van der Waals surface area contributed by atoms with Crippen molar-refractivity contribution in [1.82, 2.24) is 9.97 Å². The summed E-state index contributed by atoms with van der Waals surface area (Å²) < 4.78 is 0. The number of hydrogen-bond donors (Lipinski definition) is 2. The molecule has 1 aromatic rings. The number of nitrogens with two attached hydrogens (primary N) is 2. The summed E-state index contributed by atoms with van der Waals surface area (Å²) in [6, 6.07) is 0. The molecule has 0 atom stereocenters. The number of nitrogens with one attached hydrogen (secondary N) is 1. The van der Waals surface area contributed by atoms with Gasteiger partial charge in [-0.2, -0.15) is 0 Å². The summed E-state index contributed by atoms with van der Waals surface area (Å²) >= 11 is 0. The molecule has 0 aliphatic heterocycles. The third-order valence-corrected chi connectivity index (χ3v) is 0.821. The third kappa shape index (κ3) is 1.25. The van der Waals surface area contributed by atoms with Gasteiger partial charge in [0.2, 0.25) is 5.82 Å². The van der Waals surface area contributed by atoms with Crippen LogP contribution in [0.15, 0.2) is 0 Å². The highest BCUT2D eigenvalue weighted by Gasteiger charge is 2.00. The van der Waals surface area contributed by atoms with E-state index in [1.54, 1.807) is 6.92 Å². The van der Waals surface area contributed by atoms with Crippen LogP contribution < -0.4 is 16.5 Å². The minimum atomic E-state index is 0.292. The number of aryl methyl sites for hydroxylation is 1. The first-order valence-corrected chi connectivity index (χ1v) is 2.47. The van der Waals surface area contributed by atoms with E-state index in [-0.39, 0.29) is 0 Å². The van der Waals surface area contributed by atoms with Crippen LogP contribution in [0.1, 0.15) is 5.82 Å². The minimum Gasteiger partial charge on any atom is -0.320 e. The average Bonchev–Trinajstić information content (AvgIpc) is 1.59. The van der Waals surface area contributed by atoms with Gasteiger partial charge in [-0.1, -0.05) is 0 Å². The fraction of sp³-hybridized carbons (Fsp3) is 0.250. The summed E-state index contributed by atoms with van der Waals surface area (Å²) in [5.74, 6) is 1.16. The molecule has 5 N–H and O–H groups in total. The largest absolute Gasteiger partial charge is 0.320 e. The summed E-state index contributed by atoms with van der Waals surface area (Å²) in [7, 11) is 0. The van der Waals surface area contributed by atoms with Crippen molar-refractivity contribution >= 4 is 11.9 Å². The van der Waals surface area contributed by atoms with Crippen LogP contribution in [0.4, 0.5) is 11.9 Å². The van der Waals surface area contributed by atoms with Crippen molar-refractivity contribution in [1.29, 1.82) is 0 Å². The van der Waals surface area contributed by atoms with Crippen molar-refractivity contribution in [2.75, 3.05) is 11.5 Å². The molecule has 0 bridgehead atoms. The number of anilines is 2. The minimum absolute atomic E-state index is 0.292. The molecule has 0 spiro atoms. The summed E-state index contributed by atoms with van der Waals surface area (Å²) in [6.45, 7) is 1.72. The van der Waals surface area contributed by atoms with Crippen LogP contribution in [0.5, 0.6) is 0 Å². The molecule has 0 aromatic carbocycles. The van der Waals surface area contributed by atoms with Gasteiger partial charge in [0, 0.05) is 6.92 Å². The number of H-pyrrole nitrogens is 1. The Balaban J connectivity index is 3.17. The van der Waals surface area contributed by atoms with Crippen LogP contribution in [-0.4, -0.2) is 9.97 Å². The predicted molar refractivity (Wildman–Crippen MR) is 32.1 cm³/mol. The lowest BCUT2D eigenvalue weighted by Gasteiger charge is -1.87. The number of nitrogen functional groups attached to an aromatic ring is 2. The Kier molecular flexibility index (Phi) is 1.18. The second-order valence-electron chi connectivity index (χ2n) is 1.67. The monoisotopic (exact) mass is 126 g/mol. The van der Waals surface area contributed by atoms with Gasteiger partial charge in [0.05, 0.1) is 0 Å². The molecule has 0 aliphatic carbocycles. The van der Waals surface area contributed by atoms with Crippen molar-refractivity contribution in [2.45, 2.75) is 6.92 Å². The van der Waals surface area contributed by atoms with Gasteiger partial charge in [-0.3, -0.25) is 0 Å². The van der Waals surface area contributed by atoms with Gasteiger partial charge in [0.1, 0.15) is 0 Å². The number of hydrogen-bond acceptors (Lipinski definition) is 4. The second kappa shape index (κ2) is 1.85. The normalized spacial score (nSPS) is 9.44. The lowest BCUT2D eigenvalue weighted by molar-refractivity contribution is -0.351. The van der Waals surface area contributed by atoms with Crippen molar-refractivity contribution in [3.63, 3.8) is 0 Å². The smallest absolute Gasteiger partial charge is 0.318 e. The highest BCUT2D eigenvalue weighted by Crippen LogP contribution is 1.88. The van der Waals surface area contributed by atoms with Crippen LogP contribution in [-0.2, 0) is 0 Å². The van der Waals surface area contributed by atoms with Gasteiger partial charge in [-0.15, -0.1) is 9.97 Å². The number of aromatic nitrogens is 3. The topological polar surface area (TPSA) is 92.0 Å². The van der Waals surface area contributed by atoms with Gasteiger partial charge in [0.15, 0.2) is 0 Å². The lowest BCUT2D eigenvalue weighted by Crippen LogP contribution is -2.20. The summed E-state index contributed by atoms with van der Waals surface area (Å²) in [4.78, 5) is 10.1. The molecule has 0 aliphatic rings. The van der Waals surface area contributed by atoms with E-state index in [4.69, 9.17) is 11.5 Å². The highest BCUT2D eigenvalue weighted by atomic mass is 15.1. The van der Waals surface area contributed by atoms with E-state index < -0.39 is 0 Å². The predicted octanol–water partition coefficient (Wildman–Crippen LogP) is -1.24. The fourth-order valence-electron chi connectivity index (χ4n) is 0.561. The van der Waals surface area contributed by atoms with Gasteiger partial charge in [0.25, 0.3) is 0 Å². The Morgan fingerprint density at radius 1 is 1.22 bits per heavy atom. The van der Waals surface area contributed by atoms with E-state index >= 15 is 0 Å². The average molecular weight is 126 g/mol. The fourth-order valence-corrected chi connectivity index (χ4v) is 0.561. The SMILES string of the molecule is Cc1nc(N)[nH+]c(N)n1. The van der Waals surface area contributed by atoms with Crippen molar-refractivity contribution in [3.8, 4) is 0 Å².